The van der Waals surface area contributed by atoms with Gasteiger partial charge in [0.15, 0.2) is 5.82 Å². The Kier molecular flexibility index (Phi) is 2.91. The van der Waals surface area contributed by atoms with Gasteiger partial charge in [0.1, 0.15) is 5.82 Å². The molecule has 18 heavy (non-hydrogen) atoms. The number of rotatable bonds is 2. The highest BCUT2D eigenvalue weighted by atomic mass is 15.4. The van der Waals surface area contributed by atoms with Crippen molar-refractivity contribution in [2.45, 2.75) is 25.8 Å². The van der Waals surface area contributed by atoms with Gasteiger partial charge in [0, 0.05) is 38.6 Å². The lowest BCUT2D eigenvalue weighted by molar-refractivity contribution is 0.00850. The van der Waals surface area contributed by atoms with Crippen molar-refractivity contribution in [1.29, 1.82) is 0 Å². The Balaban J connectivity index is 1.92. The van der Waals surface area contributed by atoms with Crippen molar-refractivity contribution in [1.82, 2.24) is 24.8 Å². The van der Waals surface area contributed by atoms with Crippen molar-refractivity contribution < 1.29 is 0 Å². The van der Waals surface area contributed by atoms with E-state index in [-0.39, 0.29) is 12.0 Å². The molecule has 0 spiro atoms. The molecule has 3 saturated heterocycles. The van der Waals surface area contributed by atoms with Crippen LogP contribution in [0, 0.1) is 0 Å². The second-order valence-corrected chi connectivity index (χ2v) is 5.42. The van der Waals surface area contributed by atoms with Crippen molar-refractivity contribution in [3.8, 4) is 0 Å². The summed E-state index contributed by atoms with van der Waals surface area (Å²) < 4.78 is 0. The molecule has 0 aromatic carbocycles. The highest BCUT2D eigenvalue weighted by Crippen LogP contribution is 2.27. The number of piperazine rings is 3. The molecule has 3 fully saturated rings. The standard InChI is InChI=1S/C12H20N6/c1-8(2)10-14-11(16-12(13)15-10)9-7-17-3-5-18(9)6-4-17/h8-9H,3-7H2,1-2H3,(H2,13,14,15,16). The molecule has 0 aliphatic carbocycles. The molecule has 3 aliphatic heterocycles. The Hall–Kier alpha value is -1.27. The molecule has 1 aromatic heterocycles. The van der Waals surface area contributed by atoms with Crippen molar-refractivity contribution >= 4 is 5.95 Å². The molecule has 0 radical (unpaired) electrons. The molecule has 0 saturated carbocycles. The molecule has 6 heteroatoms. The molecule has 6 nitrogen and oxygen atoms in total. The van der Waals surface area contributed by atoms with Crippen molar-refractivity contribution in [2.24, 2.45) is 0 Å². The van der Waals surface area contributed by atoms with Crippen molar-refractivity contribution in [2.75, 3.05) is 38.5 Å². The minimum atomic E-state index is 0.283. The van der Waals surface area contributed by atoms with Crippen LogP contribution in [0.2, 0.25) is 0 Å². The predicted molar refractivity (Wildman–Crippen MR) is 69.1 cm³/mol. The van der Waals surface area contributed by atoms with Crippen LogP contribution in [0.4, 0.5) is 5.95 Å². The number of anilines is 1. The Morgan fingerprint density at radius 1 is 1.11 bits per heavy atom. The van der Waals surface area contributed by atoms with Gasteiger partial charge in [-0.15, -0.1) is 0 Å². The third-order valence-corrected chi connectivity index (χ3v) is 3.78. The zero-order chi connectivity index (χ0) is 12.7. The lowest BCUT2D eigenvalue weighted by Gasteiger charge is -2.46. The fourth-order valence-corrected chi connectivity index (χ4v) is 2.70. The van der Waals surface area contributed by atoms with E-state index in [9.17, 15) is 0 Å². The van der Waals surface area contributed by atoms with Crippen LogP contribution < -0.4 is 5.73 Å². The molecular formula is C12H20N6. The second kappa shape index (κ2) is 4.44. The first-order valence-electron chi connectivity index (χ1n) is 6.61. The number of nitrogen functional groups attached to an aromatic ring is 1. The first-order valence-corrected chi connectivity index (χ1v) is 6.61. The summed E-state index contributed by atoms with van der Waals surface area (Å²) in [6.45, 7) is 9.70. The summed E-state index contributed by atoms with van der Waals surface area (Å²) in [5.74, 6) is 2.28. The third kappa shape index (κ3) is 2.06. The average Bonchev–Trinajstić information content (AvgIpc) is 2.39. The summed E-state index contributed by atoms with van der Waals surface area (Å²) in [5, 5.41) is 0. The zero-order valence-electron chi connectivity index (χ0n) is 11.0. The number of hydrogen-bond donors (Lipinski definition) is 1. The summed E-state index contributed by atoms with van der Waals surface area (Å²) in [6.07, 6.45) is 0. The molecule has 1 atom stereocenters. The number of nitrogens with two attached hydrogens (primary N) is 1. The number of nitrogens with zero attached hydrogens (tertiary/aromatic N) is 5. The van der Waals surface area contributed by atoms with Crippen LogP contribution in [0.3, 0.4) is 0 Å². The monoisotopic (exact) mass is 248 g/mol. The van der Waals surface area contributed by atoms with Crippen LogP contribution >= 0.6 is 0 Å². The van der Waals surface area contributed by atoms with Crippen LogP contribution in [0.15, 0.2) is 0 Å². The van der Waals surface area contributed by atoms with E-state index in [4.69, 9.17) is 5.73 Å². The normalized spacial score (nSPS) is 30.9. The molecule has 1 aromatic rings. The predicted octanol–water partition coefficient (Wildman–Crippen LogP) is 0.250. The van der Waals surface area contributed by atoms with Gasteiger partial charge in [-0.1, -0.05) is 13.8 Å². The Morgan fingerprint density at radius 2 is 1.83 bits per heavy atom. The Bertz CT molecular complexity index is 438. The van der Waals surface area contributed by atoms with Gasteiger partial charge in [0.25, 0.3) is 0 Å². The quantitative estimate of drug-likeness (QED) is 0.809. The molecule has 4 heterocycles. The Labute approximate surface area is 107 Å². The van der Waals surface area contributed by atoms with Crippen LogP contribution in [0.5, 0.6) is 0 Å². The number of hydrogen-bond acceptors (Lipinski definition) is 6. The van der Waals surface area contributed by atoms with Crippen LogP contribution in [0.1, 0.15) is 37.5 Å². The van der Waals surface area contributed by atoms with Gasteiger partial charge < -0.3 is 5.73 Å². The maximum atomic E-state index is 5.81. The van der Waals surface area contributed by atoms with E-state index in [1.165, 1.54) is 0 Å². The van der Waals surface area contributed by atoms with Crippen LogP contribution in [-0.2, 0) is 0 Å². The van der Waals surface area contributed by atoms with Gasteiger partial charge in [-0.2, -0.15) is 9.97 Å². The third-order valence-electron chi connectivity index (χ3n) is 3.78. The lowest BCUT2D eigenvalue weighted by Crippen LogP contribution is -2.57. The average molecular weight is 248 g/mol. The van der Waals surface area contributed by atoms with Crippen LogP contribution in [-0.4, -0.2) is 57.5 Å². The molecule has 4 rings (SSSR count). The summed E-state index contributed by atoms with van der Waals surface area (Å²) >= 11 is 0. The van der Waals surface area contributed by atoms with Crippen molar-refractivity contribution in [3.05, 3.63) is 11.6 Å². The first-order chi connectivity index (χ1) is 8.63. The summed E-state index contributed by atoms with van der Waals surface area (Å²) in [4.78, 5) is 18.1. The highest BCUT2D eigenvalue weighted by Gasteiger charge is 2.34. The summed E-state index contributed by atoms with van der Waals surface area (Å²) in [6, 6.07) is 0.287. The number of fused-ring (bicyclic) bond motifs is 3. The van der Waals surface area contributed by atoms with Crippen molar-refractivity contribution in [3.63, 3.8) is 0 Å². The molecule has 2 N–H and O–H groups in total. The van der Waals surface area contributed by atoms with E-state index >= 15 is 0 Å². The SMILES string of the molecule is CC(C)c1nc(N)nc(C2CN3CCN2CC3)n1. The maximum Gasteiger partial charge on any atom is 0.223 e. The van der Waals surface area contributed by atoms with Crippen LogP contribution in [0.25, 0.3) is 0 Å². The summed E-state index contributed by atoms with van der Waals surface area (Å²) in [7, 11) is 0. The van der Waals surface area contributed by atoms with E-state index in [0.717, 1.165) is 44.4 Å². The highest BCUT2D eigenvalue weighted by molar-refractivity contribution is 5.19. The smallest absolute Gasteiger partial charge is 0.223 e. The Morgan fingerprint density at radius 3 is 2.39 bits per heavy atom. The van der Waals surface area contributed by atoms with E-state index in [2.05, 4.69) is 38.6 Å². The van der Waals surface area contributed by atoms with Gasteiger partial charge in [0.05, 0.1) is 6.04 Å². The first kappa shape index (κ1) is 11.8. The van der Waals surface area contributed by atoms with E-state index in [1.54, 1.807) is 0 Å². The lowest BCUT2D eigenvalue weighted by atomic mass is 10.1. The van der Waals surface area contributed by atoms with Gasteiger partial charge in [-0.25, -0.2) is 4.98 Å². The number of aromatic nitrogens is 3. The second-order valence-electron chi connectivity index (χ2n) is 5.42. The minimum absolute atomic E-state index is 0.283. The van der Waals surface area contributed by atoms with Gasteiger partial charge in [-0.05, 0) is 0 Å². The fraction of sp³-hybridized carbons (Fsp3) is 0.750. The molecule has 3 aliphatic rings. The molecular weight excluding hydrogens is 228 g/mol. The summed E-state index contributed by atoms with van der Waals surface area (Å²) in [5.41, 5.74) is 5.81. The van der Waals surface area contributed by atoms with E-state index in [0.29, 0.717) is 5.95 Å². The minimum Gasteiger partial charge on any atom is -0.368 e. The molecule has 0 amide bonds. The van der Waals surface area contributed by atoms with Gasteiger partial charge >= 0.3 is 0 Å². The molecule has 2 bridgehead atoms. The van der Waals surface area contributed by atoms with Gasteiger partial charge in [-0.3, -0.25) is 9.80 Å². The molecule has 1 unspecified atom stereocenters. The largest absolute Gasteiger partial charge is 0.368 e. The van der Waals surface area contributed by atoms with Gasteiger partial charge in [0.2, 0.25) is 5.95 Å². The zero-order valence-corrected chi connectivity index (χ0v) is 11.0. The van der Waals surface area contributed by atoms with E-state index in [1.807, 2.05) is 0 Å². The molecule has 98 valence electrons. The maximum absolute atomic E-state index is 5.81. The fourth-order valence-electron chi connectivity index (χ4n) is 2.70. The topological polar surface area (TPSA) is 71.2 Å². The van der Waals surface area contributed by atoms with E-state index < -0.39 is 0 Å².